The maximum atomic E-state index is 12.2. The van der Waals surface area contributed by atoms with Gasteiger partial charge in [-0.25, -0.2) is 9.78 Å². The van der Waals surface area contributed by atoms with E-state index < -0.39 is 6.03 Å². The lowest BCUT2D eigenvalue weighted by Crippen LogP contribution is -2.43. The number of aryl methyl sites for hydroxylation is 1. The molecular formula is C16H26N4O2S. The van der Waals surface area contributed by atoms with Crippen molar-refractivity contribution < 1.29 is 9.59 Å². The van der Waals surface area contributed by atoms with Gasteiger partial charge in [0.1, 0.15) is 0 Å². The standard InChI is InChI=1S/C16H26N4O2S/c1-9(2)8-20-11(4)10(3)17-16(20)23-12(5)14(21)19-15(22)18-13-6-7-13/h9,12-13H,6-8H2,1-5H3,(H2,18,19,21,22). The fraction of sp³-hybridized carbons (Fsp3) is 0.688. The summed E-state index contributed by atoms with van der Waals surface area (Å²) in [5.74, 6) is 0.206. The van der Waals surface area contributed by atoms with Crippen molar-refractivity contribution in [2.24, 2.45) is 5.92 Å². The summed E-state index contributed by atoms with van der Waals surface area (Å²) in [5.41, 5.74) is 2.10. The number of carbonyl (C=O) groups excluding carboxylic acids is 2. The van der Waals surface area contributed by atoms with Gasteiger partial charge in [-0.3, -0.25) is 10.1 Å². The molecule has 0 saturated heterocycles. The summed E-state index contributed by atoms with van der Waals surface area (Å²) < 4.78 is 2.15. The van der Waals surface area contributed by atoms with Crippen LogP contribution in [0.15, 0.2) is 5.16 Å². The molecule has 0 bridgehead atoms. The summed E-state index contributed by atoms with van der Waals surface area (Å²) in [7, 11) is 0. The number of aromatic nitrogens is 2. The fourth-order valence-corrected chi connectivity index (χ4v) is 3.18. The Kier molecular flexibility index (Phi) is 5.73. The quantitative estimate of drug-likeness (QED) is 0.782. The van der Waals surface area contributed by atoms with Gasteiger partial charge in [0, 0.05) is 18.3 Å². The molecule has 6 nitrogen and oxygen atoms in total. The van der Waals surface area contributed by atoms with Crippen LogP contribution in [-0.2, 0) is 11.3 Å². The maximum absolute atomic E-state index is 12.2. The van der Waals surface area contributed by atoms with E-state index >= 15 is 0 Å². The second-order valence-electron chi connectivity index (χ2n) is 6.57. The minimum Gasteiger partial charge on any atom is -0.335 e. The summed E-state index contributed by atoms with van der Waals surface area (Å²) in [6, 6.07) is -0.163. The number of thioether (sulfide) groups is 1. The molecule has 0 spiro atoms. The van der Waals surface area contributed by atoms with Crippen LogP contribution in [0.2, 0.25) is 0 Å². The monoisotopic (exact) mass is 338 g/mol. The van der Waals surface area contributed by atoms with Gasteiger partial charge in [-0.15, -0.1) is 0 Å². The van der Waals surface area contributed by atoms with Crippen LogP contribution in [0.4, 0.5) is 4.79 Å². The van der Waals surface area contributed by atoms with E-state index in [9.17, 15) is 9.59 Å². The molecule has 23 heavy (non-hydrogen) atoms. The Hall–Kier alpha value is -1.50. The molecular weight excluding hydrogens is 312 g/mol. The molecule has 1 aromatic heterocycles. The first-order valence-corrected chi connectivity index (χ1v) is 8.97. The third-order valence-corrected chi connectivity index (χ3v) is 4.86. The lowest BCUT2D eigenvalue weighted by atomic mass is 10.2. The highest BCUT2D eigenvalue weighted by atomic mass is 32.2. The Morgan fingerprint density at radius 2 is 1.96 bits per heavy atom. The van der Waals surface area contributed by atoms with Crippen LogP contribution in [-0.4, -0.2) is 32.8 Å². The van der Waals surface area contributed by atoms with E-state index in [1.807, 2.05) is 13.8 Å². The van der Waals surface area contributed by atoms with E-state index in [0.29, 0.717) is 5.92 Å². The Labute approximate surface area is 141 Å². The van der Waals surface area contributed by atoms with Crippen molar-refractivity contribution in [3.05, 3.63) is 11.4 Å². The fourth-order valence-electron chi connectivity index (χ4n) is 2.17. The van der Waals surface area contributed by atoms with Crippen molar-refractivity contribution in [2.45, 2.75) is 70.5 Å². The Bertz CT molecular complexity index is 593. The molecule has 1 heterocycles. The number of hydrogen-bond donors (Lipinski definition) is 2. The SMILES string of the molecule is Cc1nc(SC(C)C(=O)NC(=O)NC2CC2)n(CC(C)C)c1C. The first kappa shape index (κ1) is 17.8. The van der Waals surface area contributed by atoms with Crippen molar-refractivity contribution >= 4 is 23.7 Å². The number of imidazole rings is 1. The number of hydrogen-bond acceptors (Lipinski definition) is 4. The number of nitrogens with zero attached hydrogens (tertiary/aromatic N) is 2. The van der Waals surface area contributed by atoms with E-state index in [2.05, 4.69) is 34.0 Å². The van der Waals surface area contributed by atoms with E-state index in [-0.39, 0.29) is 17.2 Å². The number of carbonyl (C=O) groups is 2. The smallest absolute Gasteiger partial charge is 0.321 e. The third kappa shape index (κ3) is 4.99. The summed E-state index contributed by atoms with van der Waals surface area (Å²) in [6.45, 7) is 11.0. The van der Waals surface area contributed by atoms with Crippen LogP contribution >= 0.6 is 11.8 Å². The molecule has 2 rings (SSSR count). The number of imide groups is 1. The number of rotatable bonds is 6. The average Bonchev–Trinajstić information content (AvgIpc) is 3.22. The molecule has 2 N–H and O–H groups in total. The van der Waals surface area contributed by atoms with Gasteiger partial charge in [0.25, 0.3) is 0 Å². The Morgan fingerprint density at radius 1 is 1.30 bits per heavy atom. The van der Waals surface area contributed by atoms with E-state index in [0.717, 1.165) is 35.9 Å². The topological polar surface area (TPSA) is 76.0 Å². The molecule has 7 heteroatoms. The van der Waals surface area contributed by atoms with Gasteiger partial charge in [0.15, 0.2) is 5.16 Å². The van der Waals surface area contributed by atoms with Crippen LogP contribution in [0.5, 0.6) is 0 Å². The number of amides is 3. The highest BCUT2D eigenvalue weighted by Crippen LogP contribution is 2.26. The van der Waals surface area contributed by atoms with Gasteiger partial charge in [0.2, 0.25) is 5.91 Å². The average molecular weight is 338 g/mol. The number of urea groups is 1. The normalized spacial score (nSPS) is 15.6. The molecule has 0 aliphatic heterocycles. The second kappa shape index (κ2) is 7.38. The minimum absolute atomic E-state index is 0.237. The zero-order chi connectivity index (χ0) is 17.1. The predicted molar refractivity (Wildman–Crippen MR) is 91.6 cm³/mol. The van der Waals surface area contributed by atoms with Crippen LogP contribution in [0.25, 0.3) is 0 Å². The predicted octanol–water partition coefficient (Wildman–Crippen LogP) is 2.62. The van der Waals surface area contributed by atoms with Crippen molar-refractivity contribution in [1.29, 1.82) is 0 Å². The van der Waals surface area contributed by atoms with Crippen LogP contribution in [0.1, 0.15) is 45.0 Å². The summed E-state index contributed by atoms with van der Waals surface area (Å²) in [6.07, 6.45) is 1.99. The minimum atomic E-state index is -0.400. The lowest BCUT2D eigenvalue weighted by Gasteiger charge is -2.15. The summed E-state index contributed by atoms with van der Waals surface area (Å²) >= 11 is 1.39. The molecule has 1 atom stereocenters. The maximum Gasteiger partial charge on any atom is 0.321 e. The Morgan fingerprint density at radius 3 is 2.52 bits per heavy atom. The molecule has 1 unspecified atom stereocenters. The third-order valence-electron chi connectivity index (χ3n) is 3.77. The molecule has 0 aromatic carbocycles. The van der Waals surface area contributed by atoms with Gasteiger partial charge in [-0.2, -0.15) is 0 Å². The van der Waals surface area contributed by atoms with Crippen LogP contribution in [0.3, 0.4) is 0 Å². The first-order chi connectivity index (χ1) is 10.8. The van der Waals surface area contributed by atoms with Crippen molar-refractivity contribution in [3.63, 3.8) is 0 Å². The van der Waals surface area contributed by atoms with Crippen molar-refractivity contribution in [2.75, 3.05) is 0 Å². The molecule has 128 valence electrons. The van der Waals surface area contributed by atoms with Gasteiger partial charge in [-0.05, 0) is 39.5 Å². The van der Waals surface area contributed by atoms with Gasteiger partial charge < -0.3 is 9.88 Å². The number of nitrogens with one attached hydrogen (secondary N) is 2. The molecule has 1 fully saturated rings. The van der Waals surface area contributed by atoms with E-state index in [4.69, 9.17) is 0 Å². The van der Waals surface area contributed by atoms with Gasteiger partial charge >= 0.3 is 6.03 Å². The van der Waals surface area contributed by atoms with Crippen LogP contribution < -0.4 is 10.6 Å². The largest absolute Gasteiger partial charge is 0.335 e. The molecule has 3 amide bonds. The zero-order valence-corrected chi connectivity index (χ0v) is 15.3. The molecule has 1 aromatic rings. The molecule has 0 radical (unpaired) electrons. The second-order valence-corrected chi connectivity index (χ2v) is 7.87. The first-order valence-electron chi connectivity index (χ1n) is 8.09. The van der Waals surface area contributed by atoms with Crippen molar-refractivity contribution in [1.82, 2.24) is 20.2 Å². The molecule has 1 aliphatic carbocycles. The summed E-state index contributed by atoms with van der Waals surface area (Å²) in [5, 5.41) is 5.61. The van der Waals surface area contributed by atoms with E-state index in [1.54, 1.807) is 6.92 Å². The highest BCUT2D eigenvalue weighted by Gasteiger charge is 2.26. The molecule has 1 saturated carbocycles. The Balaban J connectivity index is 1.98. The van der Waals surface area contributed by atoms with Crippen molar-refractivity contribution in [3.8, 4) is 0 Å². The highest BCUT2D eigenvalue weighted by molar-refractivity contribution is 8.00. The van der Waals surface area contributed by atoms with Crippen LogP contribution in [0, 0.1) is 19.8 Å². The zero-order valence-electron chi connectivity index (χ0n) is 14.5. The lowest BCUT2D eigenvalue weighted by molar-refractivity contribution is -0.119. The van der Waals surface area contributed by atoms with Gasteiger partial charge in [-0.1, -0.05) is 25.6 Å². The molecule has 1 aliphatic rings. The van der Waals surface area contributed by atoms with Gasteiger partial charge in [0.05, 0.1) is 10.9 Å². The summed E-state index contributed by atoms with van der Waals surface area (Å²) in [4.78, 5) is 28.4. The van der Waals surface area contributed by atoms with E-state index in [1.165, 1.54) is 11.8 Å².